The maximum absolute atomic E-state index is 13.2. The normalized spacial score (nSPS) is 10.1. The predicted molar refractivity (Wildman–Crippen MR) is 73.6 cm³/mol. The number of benzene rings is 1. The van der Waals surface area contributed by atoms with Crippen molar-refractivity contribution in [2.45, 2.75) is 20.8 Å². The van der Waals surface area contributed by atoms with Gasteiger partial charge in [-0.15, -0.1) is 0 Å². The third kappa shape index (κ3) is 4.95. The van der Waals surface area contributed by atoms with Gasteiger partial charge in [-0.05, 0) is 17.5 Å². The first-order valence-corrected chi connectivity index (χ1v) is 5.92. The first kappa shape index (κ1) is 15.5. The highest BCUT2D eigenvalue weighted by Gasteiger charge is 2.13. The van der Waals surface area contributed by atoms with E-state index in [1.54, 1.807) is 12.1 Å². The molecule has 0 aliphatic heterocycles. The molecule has 0 saturated carbocycles. The van der Waals surface area contributed by atoms with Crippen molar-refractivity contribution in [2.75, 3.05) is 12.0 Å². The van der Waals surface area contributed by atoms with Crippen molar-refractivity contribution in [3.05, 3.63) is 24.0 Å². The lowest BCUT2D eigenvalue weighted by molar-refractivity contribution is 0.198. The topological polar surface area (TPSA) is 81.2 Å². The van der Waals surface area contributed by atoms with Crippen LogP contribution in [0.15, 0.2) is 23.3 Å². The second-order valence-corrected chi connectivity index (χ2v) is 5.29. The standard InChI is InChI=1S/C14H15FN4O/c1-14(2,3)9-20-13-5-4-10(15)6-12(13)19-18-11(7-16)8-17/h4-6,19H,9H2,1-3H3. The zero-order chi connectivity index (χ0) is 15.2. The zero-order valence-electron chi connectivity index (χ0n) is 11.6. The molecule has 0 spiro atoms. The molecule has 0 atom stereocenters. The molecular formula is C14H15FN4O. The lowest BCUT2D eigenvalue weighted by Crippen LogP contribution is -2.17. The van der Waals surface area contributed by atoms with Crippen LogP contribution in [-0.2, 0) is 0 Å². The van der Waals surface area contributed by atoms with Crippen LogP contribution >= 0.6 is 0 Å². The number of anilines is 1. The summed E-state index contributed by atoms with van der Waals surface area (Å²) in [7, 11) is 0. The van der Waals surface area contributed by atoms with Crippen molar-refractivity contribution >= 4 is 11.4 Å². The first-order valence-electron chi connectivity index (χ1n) is 5.92. The second-order valence-electron chi connectivity index (χ2n) is 5.29. The average molecular weight is 274 g/mol. The maximum atomic E-state index is 13.2. The van der Waals surface area contributed by atoms with Crippen LogP contribution in [0.2, 0.25) is 0 Å². The van der Waals surface area contributed by atoms with Crippen LogP contribution in [0.25, 0.3) is 0 Å². The van der Waals surface area contributed by atoms with Crippen LogP contribution < -0.4 is 10.2 Å². The second kappa shape index (κ2) is 6.53. The summed E-state index contributed by atoms with van der Waals surface area (Å²) in [6.45, 7) is 6.45. The fourth-order valence-corrected chi connectivity index (χ4v) is 1.20. The Morgan fingerprint density at radius 1 is 1.35 bits per heavy atom. The molecule has 0 aliphatic rings. The van der Waals surface area contributed by atoms with Crippen molar-refractivity contribution in [3.8, 4) is 17.9 Å². The molecule has 0 saturated heterocycles. The van der Waals surface area contributed by atoms with Crippen molar-refractivity contribution in [2.24, 2.45) is 10.5 Å². The number of hydrogen-bond donors (Lipinski definition) is 1. The Morgan fingerprint density at radius 3 is 2.55 bits per heavy atom. The molecule has 20 heavy (non-hydrogen) atoms. The van der Waals surface area contributed by atoms with Gasteiger partial charge in [-0.3, -0.25) is 5.43 Å². The van der Waals surface area contributed by atoms with Gasteiger partial charge in [0.05, 0.1) is 6.61 Å². The van der Waals surface area contributed by atoms with Crippen molar-refractivity contribution in [3.63, 3.8) is 0 Å². The van der Waals surface area contributed by atoms with Crippen LogP contribution in [0.1, 0.15) is 20.8 Å². The maximum Gasteiger partial charge on any atom is 0.237 e. The molecule has 1 rings (SSSR count). The summed E-state index contributed by atoms with van der Waals surface area (Å²) < 4.78 is 18.8. The van der Waals surface area contributed by atoms with E-state index in [9.17, 15) is 4.39 Å². The van der Waals surface area contributed by atoms with Gasteiger partial charge in [0.2, 0.25) is 5.71 Å². The van der Waals surface area contributed by atoms with Gasteiger partial charge in [-0.2, -0.15) is 15.6 Å². The number of rotatable bonds is 4. The Hall–Kier alpha value is -2.60. The minimum absolute atomic E-state index is 0.0562. The average Bonchev–Trinajstić information content (AvgIpc) is 2.38. The van der Waals surface area contributed by atoms with E-state index in [2.05, 4.69) is 10.5 Å². The van der Waals surface area contributed by atoms with Crippen LogP contribution in [0.3, 0.4) is 0 Å². The van der Waals surface area contributed by atoms with Crippen LogP contribution in [0.4, 0.5) is 10.1 Å². The number of nitrogens with one attached hydrogen (secondary N) is 1. The number of ether oxygens (including phenoxy) is 1. The lowest BCUT2D eigenvalue weighted by Gasteiger charge is -2.20. The van der Waals surface area contributed by atoms with Gasteiger partial charge in [0.15, 0.2) is 0 Å². The fourth-order valence-electron chi connectivity index (χ4n) is 1.20. The van der Waals surface area contributed by atoms with E-state index in [0.29, 0.717) is 12.4 Å². The first-order chi connectivity index (χ1) is 9.35. The molecule has 1 N–H and O–H groups in total. The molecule has 104 valence electrons. The van der Waals surface area contributed by atoms with E-state index in [1.807, 2.05) is 20.8 Å². The molecule has 6 heteroatoms. The Bertz CT molecular complexity index is 575. The molecule has 5 nitrogen and oxygen atoms in total. The van der Waals surface area contributed by atoms with Gasteiger partial charge >= 0.3 is 0 Å². The van der Waals surface area contributed by atoms with Crippen LogP contribution in [-0.4, -0.2) is 12.3 Å². The number of nitriles is 2. The fraction of sp³-hybridized carbons (Fsp3) is 0.357. The Labute approximate surface area is 117 Å². The third-order valence-corrected chi connectivity index (χ3v) is 2.10. The summed E-state index contributed by atoms with van der Waals surface area (Å²) in [5.41, 5.74) is 2.32. The van der Waals surface area contributed by atoms with Gasteiger partial charge in [-0.25, -0.2) is 4.39 Å². The largest absolute Gasteiger partial charge is 0.491 e. The number of hydrogen-bond acceptors (Lipinski definition) is 5. The summed E-state index contributed by atoms with van der Waals surface area (Å²) in [5, 5.41) is 20.8. The molecule has 0 heterocycles. The van der Waals surface area contributed by atoms with Crippen molar-refractivity contribution in [1.29, 1.82) is 10.5 Å². The summed E-state index contributed by atoms with van der Waals surface area (Å²) in [6, 6.07) is 7.13. The molecular weight excluding hydrogens is 259 g/mol. The lowest BCUT2D eigenvalue weighted by atomic mass is 9.99. The SMILES string of the molecule is CC(C)(C)COc1ccc(F)cc1NN=C(C#N)C#N. The van der Waals surface area contributed by atoms with Gasteiger partial charge < -0.3 is 4.74 Å². The number of hydrazone groups is 1. The van der Waals surface area contributed by atoms with Crippen LogP contribution in [0.5, 0.6) is 5.75 Å². The molecule has 0 aliphatic carbocycles. The van der Waals surface area contributed by atoms with Crippen molar-refractivity contribution < 1.29 is 9.13 Å². The van der Waals surface area contributed by atoms with Gasteiger partial charge in [0.25, 0.3) is 0 Å². The Morgan fingerprint density at radius 2 is 2.00 bits per heavy atom. The summed E-state index contributed by atoms with van der Waals surface area (Å²) in [4.78, 5) is 0. The zero-order valence-corrected chi connectivity index (χ0v) is 11.6. The molecule has 0 fully saturated rings. The molecule has 0 unspecified atom stereocenters. The highest BCUT2D eigenvalue weighted by Crippen LogP contribution is 2.27. The third-order valence-electron chi connectivity index (χ3n) is 2.10. The smallest absolute Gasteiger partial charge is 0.237 e. The van der Waals surface area contributed by atoms with E-state index in [1.165, 1.54) is 18.2 Å². The van der Waals surface area contributed by atoms with E-state index in [-0.39, 0.29) is 16.8 Å². The molecule has 0 aromatic heterocycles. The minimum atomic E-state index is -0.471. The van der Waals surface area contributed by atoms with E-state index in [0.717, 1.165) is 0 Å². The quantitative estimate of drug-likeness (QED) is 0.675. The molecule has 0 radical (unpaired) electrons. The summed E-state index contributed by atoms with van der Waals surface area (Å²) in [6.07, 6.45) is 0. The van der Waals surface area contributed by atoms with E-state index < -0.39 is 5.82 Å². The van der Waals surface area contributed by atoms with Gasteiger partial charge in [0, 0.05) is 6.07 Å². The summed E-state index contributed by atoms with van der Waals surface area (Å²) in [5.74, 6) is -0.0680. The highest BCUT2D eigenvalue weighted by atomic mass is 19.1. The Kier molecular flexibility index (Phi) is 5.05. The van der Waals surface area contributed by atoms with Crippen molar-refractivity contribution in [1.82, 2.24) is 0 Å². The molecule has 1 aromatic carbocycles. The molecule has 0 amide bonds. The number of halogens is 1. The minimum Gasteiger partial charge on any atom is -0.491 e. The Balaban J connectivity index is 2.94. The monoisotopic (exact) mass is 274 g/mol. The van der Waals surface area contributed by atoms with Gasteiger partial charge in [0.1, 0.15) is 29.4 Å². The molecule has 1 aromatic rings. The number of nitrogens with zero attached hydrogens (tertiary/aromatic N) is 3. The van der Waals surface area contributed by atoms with Crippen LogP contribution in [0, 0.1) is 33.9 Å². The van der Waals surface area contributed by atoms with E-state index >= 15 is 0 Å². The summed E-state index contributed by atoms with van der Waals surface area (Å²) >= 11 is 0. The highest BCUT2D eigenvalue weighted by molar-refractivity contribution is 6.10. The van der Waals surface area contributed by atoms with Gasteiger partial charge in [-0.1, -0.05) is 20.8 Å². The molecule has 0 bridgehead atoms. The van der Waals surface area contributed by atoms with E-state index in [4.69, 9.17) is 15.3 Å². The predicted octanol–water partition coefficient (Wildman–Crippen LogP) is 3.07.